The Hall–Kier alpha value is -3.25. The molecule has 0 fully saturated rings. The van der Waals surface area contributed by atoms with Crippen LogP contribution in [0.3, 0.4) is 0 Å². The molecule has 6 heteroatoms. The molecule has 0 aliphatic rings. The van der Waals surface area contributed by atoms with Gasteiger partial charge in [-0.2, -0.15) is 0 Å². The zero-order valence-electron chi connectivity index (χ0n) is 13.4. The summed E-state index contributed by atoms with van der Waals surface area (Å²) in [4.78, 5) is 27.9. The van der Waals surface area contributed by atoms with Crippen molar-refractivity contribution in [3.05, 3.63) is 82.4 Å². The predicted octanol–water partition coefficient (Wildman–Crippen LogP) is 2.16. The van der Waals surface area contributed by atoms with Crippen molar-refractivity contribution in [2.75, 3.05) is 0 Å². The number of benzene rings is 2. The van der Waals surface area contributed by atoms with Crippen molar-refractivity contribution in [2.24, 2.45) is 0 Å². The van der Waals surface area contributed by atoms with Crippen molar-refractivity contribution in [3.8, 4) is 0 Å². The molecular weight excluding hydrogens is 318 g/mol. The molecule has 0 spiro atoms. The second-order valence-corrected chi connectivity index (χ2v) is 5.56. The maximum Gasteiger partial charge on any atom is 0.267 e. The van der Waals surface area contributed by atoms with Crippen LogP contribution in [0, 0.1) is 0 Å². The average Bonchev–Trinajstić information content (AvgIpc) is 2.66. The highest BCUT2D eigenvalue weighted by Gasteiger charge is 2.05. The number of aryl methyl sites for hydroxylation is 2. The van der Waals surface area contributed by atoms with Gasteiger partial charge in [0.15, 0.2) is 0 Å². The molecule has 1 heterocycles. The van der Waals surface area contributed by atoms with Crippen LogP contribution in [0.1, 0.15) is 11.1 Å². The zero-order chi connectivity index (χ0) is 17.6. The minimum Gasteiger partial charge on any atom is -0.298 e. The lowest BCUT2D eigenvalue weighted by molar-refractivity contribution is -0.124. The van der Waals surface area contributed by atoms with Gasteiger partial charge in [-0.3, -0.25) is 19.4 Å². The van der Waals surface area contributed by atoms with Gasteiger partial charge in [-0.15, -0.1) is 0 Å². The minimum absolute atomic E-state index is 0.0930. The van der Waals surface area contributed by atoms with E-state index in [0.29, 0.717) is 23.0 Å². The van der Waals surface area contributed by atoms with Gasteiger partial charge in [0.05, 0.1) is 17.2 Å². The molecule has 3 rings (SSSR count). The molecule has 1 amide bonds. The first kappa shape index (κ1) is 16.6. The molecule has 0 saturated heterocycles. The van der Waals surface area contributed by atoms with Crippen molar-refractivity contribution in [1.29, 1.82) is 0 Å². The van der Waals surface area contributed by atoms with Gasteiger partial charge in [-0.25, -0.2) is 10.5 Å². The molecule has 0 saturated carbocycles. The van der Waals surface area contributed by atoms with Crippen LogP contribution in [-0.4, -0.2) is 20.7 Å². The van der Waals surface area contributed by atoms with Crippen LogP contribution in [-0.2, 0) is 17.8 Å². The summed E-state index contributed by atoms with van der Waals surface area (Å²) in [5.41, 5.74) is 3.87. The molecule has 0 atom stereocenters. The van der Waals surface area contributed by atoms with Gasteiger partial charge in [-0.1, -0.05) is 36.4 Å². The van der Waals surface area contributed by atoms with Crippen LogP contribution >= 0.6 is 0 Å². The smallest absolute Gasteiger partial charge is 0.267 e. The molecule has 25 heavy (non-hydrogen) atoms. The number of nitrogens with zero attached hydrogens (tertiary/aromatic N) is 2. The van der Waals surface area contributed by atoms with Gasteiger partial charge in [0.1, 0.15) is 0 Å². The Morgan fingerprint density at radius 2 is 2.00 bits per heavy atom. The first-order valence-corrected chi connectivity index (χ1v) is 7.82. The summed E-state index contributed by atoms with van der Waals surface area (Å²) in [5.74, 6) is -0.621. The highest BCUT2D eigenvalue weighted by atomic mass is 16.5. The molecular formula is C19H17N3O3. The Bertz CT molecular complexity index is 978. The number of hydrogen-bond acceptors (Lipinski definition) is 4. The molecule has 0 unspecified atom stereocenters. The van der Waals surface area contributed by atoms with Crippen LogP contribution in [0.15, 0.2) is 65.7 Å². The first-order chi connectivity index (χ1) is 12.2. The Balaban J connectivity index is 1.84. The summed E-state index contributed by atoms with van der Waals surface area (Å²) in [6.45, 7) is 0.560. The standard InChI is InChI=1S/C19H17N3O3/c23-18(21-25)9-7-15-6-8-16-17(12-15)20-13-22(19(16)24)11-10-14-4-2-1-3-5-14/h1-9,12-13,25H,10-11H2,(H,21,23)/b9-7+. The minimum atomic E-state index is -0.621. The van der Waals surface area contributed by atoms with E-state index in [9.17, 15) is 9.59 Å². The number of carbonyl (C=O) groups is 1. The lowest BCUT2D eigenvalue weighted by Gasteiger charge is -2.07. The van der Waals surface area contributed by atoms with E-state index in [1.165, 1.54) is 17.6 Å². The monoisotopic (exact) mass is 335 g/mol. The van der Waals surface area contributed by atoms with E-state index in [1.54, 1.807) is 29.1 Å². The van der Waals surface area contributed by atoms with E-state index >= 15 is 0 Å². The number of carbonyl (C=O) groups excluding carboxylic acids is 1. The summed E-state index contributed by atoms with van der Waals surface area (Å²) in [5, 5.41) is 9.00. The Morgan fingerprint density at radius 1 is 1.20 bits per heavy atom. The van der Waals surface area contributed by atoms with Crippen LogP contribution in [0.25, 0.3) is 17.0 Å². The van der Waals surface area contributed by atoms with Crippen molar-refractivity contribution in [2.45, 2.75) is 13.0 Å². The van der Waals surface area contributed by atoms with E-state index in [2.05, 4.69) is 4.98 Å². The van der Waals surface area contributed by atoms with E-state index in [4.69, 9.17) is 5.21 Å². The third-order valence-electron chi connectivity index (χ3n) is 3.87. The molecule has 1 aromatic heterocycles. The lowest BCUT2D eigenvalue weighted by Crippen LogP contribution is -2.21. The Morgan fingerprint density at radius 3 is 2.76 bits per heavy atom. The summed E-state index contributed by atoms with van der Waals surface area (Å²) in [6, 6.07) is 15.1. The second kappa shape index (κ2) is 7.55. The van der Waals surface area contributed by atoms with Crippen molar-refractivity contribution in [1.82, 2.24) is 15.0 Å². The van der Waals surface area contributed by atoms with Gasteiger partial charge in [0.2, 0.25) is 0 Å². The lowest BCUT2D eigenvalue weighted by atomic mass is 10.1. The fourth-order valence-corrected chi connectivity index (χ4v) is 2.54. The summed E-state index contributed by atoms with van der Waals surface area (Å²) < 4.78 is 1.60. The molecule has 2 N–H and O–H groups in total. The topological polar surface area (TPSA) is 84.2 Å². The Labute approximate surface area is 144 Å². The predicted molar refractivity (Wildman–Crippen MR) is 95.1 cm³/mol. The van der Waals surface area contributed by atoms with Crippen molar-refractivity contribution >= 4 is 22.9 Å². The van der Waals surface area contributed by atoms with E-state index in [1.807, 2.05) is 30.3 Å². The van der Waals surface area contributed by atoms with Crippen LogP contribution in [0.4, 0.5) is 0 Å². The molecule has 0 radical (unpaired) electrons. The number of hydrogen-bond donors (Lipinski definition) is 2. The van der Waals surface area contributed by atoms with Gasteiger partial charge < -0.3 is 0 Å². The fourth-order valence-electron chi connectivity index (χ4n) is 2.54. The van der Waals surface area contributed by atoms with Crippen LogP contribution in [0.2, 0.25) is 0 Å². The van der Waals surface area contributed by atoms with E-state index in [0.717, 1.165) is 12.0 Å². The number of aromatic nitrogens is 2. The quantitative estimate of drug-likeness (QED) is 0.425. The number of nitrogens with one attached hydrogen (secondary N) is 1. The molecule has 0 bridgehead atoms. The molecule has 126 valence electrons. The van der Waals surface area contributed by atoms with Crippen LogP contribution < -0.4 is 11.0 Å². The summed E-state index contributed by atoms with van der Waals surface area (Å²) >= 11 is 0. The zero-order valence-corrected chi connectivity index (χ0v) is 13.4. The highest BCUT2D eigenvalue weighted by Crippen LogP contribution is 2.12. The molecule has 3 aromatic rings. The maximum atomic E-state index is 12.6. The van der Waals surface area contributed by atoms with E-state index in [-0.39, 0.29) is 5.56 Å². The second-order valence-electron chi connectivity index (χ2n) is 5.56. The van der Waals surface area contributed by atoms with Gasteiger partial charge in [0, 0.05) is 12.6 Å². The largest absolute Gasteiger partial charge is 0.298 e. The molecule has 0 aliphatic carbocycles. The number of hydroxylamine groups is 1. The fraction of sp³-hybridized carbons (Fsp3) is 0.105. The van der Waals surface area contributed by atoms with Gasteiger partial charge >= 0.3 is 0 Å². The van der Waals surface area contributed by atoms with E-state index < -0.39 is 5.91 Å². The maximum absolute atomic E-state index is 12.6. The molecule has 2 aromatic carbocycles. The SMILES string of the molecule is O=C(/C=C/c1ccc2c(=O)n(CCc3ccccc3)cnc2c1)NO. The number of fused-ring (bicyclic) bond motifs is 1. The summed E-state index contributed by atoms with van der Waals surface area (Å²) in [6.07, 6.45) is 5.03. The van der Waals surface area contributed by atoms with Crippen molar-refractivity contribution in [3.63, 3.8) is 0 Å². The van der Waals surface area contributed by atoms with Crippen molar-refractivity contribution < 1.29 is 10.0 Å². The molecule has 0 aliphatic heterocycles. The third kappa shape index (κ3) is 3.99. The van der Waals surface area contributed by atoms with Crippen LogP contribution in [0.5, 0.6) is 0 Å². The number of rotatable bonds is 5. The summed E-state index contributed by atoms with van der Waals surface area (Å²) in [7, 11) is 0. The highest BCUT2D eigenvalue weighted by molar-refractivity contribution is 5.91. The van der Waals surface area contributed by atoms with Gasteiger partial charge in [-0.05, 0) is 35.8 Å². The average molecular weight is 335 g/mol. The number of amides is 1. The van der Waals surface area contributed by atoms with Gasteiger partial charge in [0.25, 0.3) is 11.5 Å². The third-order valence-corrected chi connectivity index (χ3v) is 3.87. The molecule has 6 nitrogen and oxygen atoms in total. The first-order valence-electron chi connectivity index (χ1n) is 7.82. The normalized spacial score (nSPS) is 11.1. The Kier molecular flexibility index (Phi) is 5.01.